The Morgan fingerprint density at radius 3 is 2.25 bits per heavy atom. The van der Waals surface area contributed by atoms with E-state index in [1.54, 1.807) is 55.5 Å². The van der Waals surface area contributed by atoms with Gasteiger partial charge in [-0.3, -0.25) is 25.2 Å². The molecule has 3 amide bonds. The molecule has 148 valence electrons. The number of carbonyl (C=O) groups is 3. The zero-order valence-electron chi connectivity index (χ0n) is 15.4. The highest BCUT2D eigenvalue weighted by Crippen LogP contribution is 2.20. The Morgan fingerprint density at radius 1 is 0.929 bits per heavy atom. The van der Waals surface area contributed by atoms with Crippen LogP contribution in [0.25, 0.3) is 0 Å². The van der Waals surface area contributed by atoms with Gasteiger partial charge in [-0.05, 0) is 30.7 Å². The van der Waals surface area contributed by atoms with Crippen LogP contribution in [0.1, 0.15) is 26.2 Å². The van der Waals surface area contributed by atoms with Crippen molar-refractivity contribution >= 4 is 35.0 Å². The number of rotatable bonds is 8. The number of hydrazine groups is 1. The molecule has 8 heteroatoms. The fraction of sp³-hybridized carbons (Fsp3) is 0.250. The van der Waals surface area contributed by atoms with Crippen molar-refractivity contribution in [2.75, 3.05) is 5.32 Å². The Hall–Kier alpha value is -3.06. The van der Waals surface area contributed by atoms with Crippen molar-refractivity contribution in [2.45, 2.75) is 32.3 Å². The summed E-state index contributed by atoms with van der Waals surface area (Å²) < 4.78 is 5.59. The first-order valence-corrected chi connectivity index (χ1v) is 9.22. The normalized spacial score (nSPS) is 11.2. The number of halogens is 1. The van der Waals surface area contributed by atoms with Crippen molar-refractivity contribution in [3.63, 3.8) is 0 Å². The van der Waals surface area contributed by atoms with Gasteiger partial charge in [0.05, 0.1) is 10.7 Å². The molecule has 0 aliphatic heterocycles. The van der Waals surface area contributed by atoms with E-state index in [9.17, 15) is 14.4 Å². The van der Waals surface area contributed by atoms with E-state index < -0.39 is 17.9 Å². The first-order valence-electron chi connectivity index (χ1n) is 8.84. The Bertz CT molecular complexity index is 814. The van der Waals surface area contributed by atoms with E-state index in [1.807, 2.05) is 6.07 Å². The van der Waals surface area contributed by atoms with Gasteiger partial charge in [0.25, 0.3) is 5.91 Å². The third-order valence-electron chi connectivity index (χ3n) is 3.74. The molecular weight excluding hydrogens is 382 g/mol. The average molecular weight is 404 g/mol. The molecule has 0 fully saturated rings. The molecule has 2 rings (SSSR count). The minimum Gasteiger partial charge on any atom is -0.481 e. The second-order valence-corrected chi connectivity index (χ2v) is 6.30. The highest BCUT2D eigenvalue weighted by atomic mass is 35.5. The van der Waals surface area contributed by atoms with Crippen LogP contribution < -0.4 is 20.9 Å². The van der Waals surface area contributed by atoms with Crippen LogP contribution in [0.15, 0.2) is 54.6 Å². The molecular formula is C20H22ClN3O4. The Morgan fingerprint density at radius 2 is 1.57 bits per heavy atom. The molecule has 1 atom stereocenters. The van der Waals surface area contributed by atoms with Gasteiger partial charge in [0.15, 0.2) is 6.10 Å². The number of benzene rings is 2. The van der Waals surface area contributed by atoms with Crippen molar-refractivity contribution in [3.05, 3.63) is 59.6 Å². The zero-order chi connectivity index (χ0) is 20.4. The Kier molecular flexibility index (Phi) is 8.30. The van der Waals surface area contributed by atoms with Crippen LogP contribution in [0.5, 0.6) is 5.75 Å². The summed E-state index contributed by atoms with van der Waals surface area (Å²) in [7, 11) is 0. The van der Waals surface area contributed by atoms with Crippen molar-refractivity contribution in [1.29, 1.82) is 0 Å². The molecule has 0 spiro atoms. The number of hydrogen-bond donors (Lipinski definition) is 3. The summed E-state index contributed by atoms with van der Waals surface area (Å²) in [4.78, 5) is 35.9. The molecule has 3 N–H and O–H groups in total. The number of hydrogen-bond acceptors (Lipinski definition) is 4. The van der Waals surface area contributed by atoms with Crippen LogP contribution >= 0.6 is 11.6 Å². The van der Waals surface area contributed by atoms with E-state index in [0.29, 0.717) is 22.9 Å². The maximum Gasteiger partial charge on any atom is 0.279 e. The lowest BCUT2D eigenvalue weighted by Gasteiger charge is -2.17. The number of anilines is 1. The highest BCUT2D eigenvalue weighted by molar-refractivity contribution is 6.33. The Balaban J connectivity index is 1.72. The fourth-order valence-electron chi connectivity index (χ4n) is 2.26. The van der Waals surface area contributed by atoms with Crippen molar-refractivity contribution in [3.8, 4) is 5.75 Å². The van der Waals surface area contributed by atoms with Gasteiger partial charge in [-0.15, -0.1) is 0 Å². The first kappa shape index (κ1) is 21.2. The van der Waals surface area contributed by atoms with Gasteiger partial charge in [-0.2, -0.15) is 0 Å². The standard InChI is InChI=1S/C20H22ClN3O4/c1-2-17(28-14-8-4-3-5-9-14)20(27)24-23-19(26)13-12-18(25)22-16-11-7-6-10-15(16)21/h3-11,17H,2,12-13H2,1H3,(H,22,25)(H,23,26)(H,24,27). The van der Waals surface area contributed by atoms with Crippen LogP contribution in [0, 0.1) is 0 Å². The molecule has 2 aromatic rings. The summed E-state index contributed by atoms with van der Waals surface area (Å²) in [5, 5.41) is 3.04. The molecule has 0 saturated heterocycles. The van der Waals surface area contributed by atoms with E-state index in [4.69, 9.17) is 16.3 Å². The molecule has 7 nitrogen and oxygen atoms in total. The molecule has 28 heavy (non-hydrogen) atoms. The molecule has 0 aliphatic carbocycles. The maximum absolute atomic E-state index is 12.2. The fourth-order valence-corrected chi connectivity index (χ4v) is 2.45. The Labute approximate surface area is 168 Å². The van der Waals surface area contributed by atoms with Crippen LogP contribution in [-0.4, -0.2) is 23.8 Å². The first-order chi connectivity index (χ1) is 13.5. The SMILES string of the molecule is CCC(Oc1ccccc1)C(=O)NNC(=O)CCC(=O)Nc1ccccc1Cl. The van der Waals surface area contributed by atoms with Gasteiger partial charge in [0, 0.05) is 12.8 Å². The maximum atomic E-state index is 12.2. The molecule has 0 saturated carbocycles. The number of nitrogens with one attached hydrogen (secondary N) is 3. The lowest BCUT2D eigenvalue weighted by Crippen LogP contribution is -2.48. The number of ether oxygens (including phenoxy) is 1. The number of para-hydroxylation sites is 2. The largest absolute Gasteiger partial charge is 0.481 e. The third-order valence-corrected chi connectivity index (χ3v) is 4.07. The van der Waals surface area contributed by atoms with Gasteiger partial charge in [0.1, 0.15) is 5.75 Å². The van der Waals surface area contributed by atoms with Crippen LogP contribution in [0.4, 0.5) is 5.69 Å². The van der Waals surface area contributed by atoms with E-state index >= 15 is 0 Å². The van der Waals surface area contributed by atoms with E-state index in [1.165, 1.54) is 0 Å². The lowest BCUT2D eigenvalue weighted by molar-refractivity contribution is -0.133. The zero-order valence-corrected chi connectivity index (χ0v) is 16.2. The molecule has 0 bridgehead atoms. The van der Waals surface area contributed by atoms with Crippen molar-refractivity contribution in [1.82, 2.24) is 10.9 Å². The topological polar surface area (TPSA) is 96.5 Å². The smallest absolute Gasteiger partial charge is 0.279 e. The summed E-state index contributed by atoms with van der Waals surface area (Å²) in [6.07, 6.45) is -0.458. The van der Waals surface area contributed by atoms with Gasteiger partial charge in [0.2, 0.25) is 11.8 Å². The van der Waals surface area contributed by atoms with Crippen molar-refractivity contribution < 1.29 is 19.1 Å². The van der Waals surface area contributed by atoms with E-state index in [2.05, 4.69) is 16.2 Å². The molecule has 0 radical (unpaired) electrons. The second-order valence-electron chi connectivity index (χ2n) is 5.89. The predicted molar refractivity (Wildman–Crippen MR) is 107 cm³/mol. The van der Waals surface area contributed by atoms with Crippen LogP contribution in [0.3, 0.4) is 0 Å². The van der Waals surface area contributed by atoms with Gasteiger partial charge in [-0.25, -0.2) is 0 Å². The van der Waals surface area contributed by atoms with Crippen LogP contribution in [0.2, 0.25) is 5.02 Å². The summed E-state index contributed by atoms with van der Waals surface area (Å²) in [6, 6.07) is 15.7. The van der Waals surface area contributed by atoms with E-state index in [-0.39, 0.29) is 18.7 Å². The predicted octanol–water partition coefficient (Wildman–Crippen LogP) is 3.06. The summed E-state index contributed by atoms with van der Waals surface area (Å²) in [5.74, 6) is -0.752. The second kappa shape index (κ2) is 10.9. The molecule has 0 heterocycles. The lowest BCUT2D eigenvalue weighted by atomic mass is 10.2. The minimum absolute atomic E-state index is 0.0509. The molecule has 1 unspecified atom stereocenters. The monoisotopic (exact) mass is 403 g/mol. The highest BCUT2D eigenvalue weighted by Gasteiger charge is 2.19. The minimum atomic E-state index is -0.744. The van der Waals surface area contributed by atoms with E-state index in [0.717, 1.165) is 0 Å². The van der Waals surface area contributed by atoms with Gasteiger partial charge >= 0.3 is 0 Å². The quantitative estimate of drug-likeness (QED) is 0.590. The summed E-state index contributed by atoms with van der Waals surface area (Å²) in [5.41, 5.74) is 5.09. The summed E-state index contributed by atoms with van der Waals surface area (Å²) in [6.45, 7) is 1.80. The molecule has 2 aromatic carbocycles. The van der Waals surface area contributed by atoms with Crippen LogP contribution in [-0.2, 0) is 14.4 Å². The number of amides is 3. The third kappa shape index (κ3) is 6.92. The number of carbonyl (C=O) groups excluding carboxylic acids is 3. The molecule has 0 aromatic heterocycles. The van der Waals surface area contributed by atoms with Gasteiger partial charge in [-0.1, -0.05) is 48.9 Å². The summed E-state index contributed by atoms with van der Waals surface area (Å²) >= 11 is 5.96. The van der Waals surface area contributed by atoms with Gasteiger partial charge < -0.3 is 10.1 Å². The molecule has 0 aliphatic rings. The van der Waals surface area contributed by atoms with Crippen molar-refractivity contribution in [2.24, 2.45) is 0 Å². The average Bonchev–Trinajstić information content (AvgIpc) is 2.71.